The number of rotatable bonds is 2. The smallest absolute Gasteiger partial charge is 0.280 e. The number of nitrogens with one attached hydrogen (secondary N) is 1. The molecule has 0 spiro atoms. The van der Waals surface area contributed by atoms with E-state index in [-0.39, 0.29) is 23.3 Å². The van der Waals surface area contributed by atoms with Gasteiger partial charge in [0.25, 0.3) is 0 Å². The third-order valence-corrected chi connectivity index (χ3v) is 3.91. The van der Waals surface area contributed by atoms with E-state index in [9.17, 15) is 18.0 Å². The Hall–Kier alpha value is -2.20. The van der Waals surface area contributed by atoms with Crippen LogP contribution in [-0.2, 0) is 24.4 Å². The summed E-state index contributed by atoms with van der Waals surface area (Å²) >= 11 is 0.681. The number of benzene rings is 1. The molecule has 0 saturated heterocycles. The van der Waals surface area contributed by atoms with Crippen LogP contribution in [-0.4, -0.2) is 27.5 Å². The lowest BCUT2D eigenvalue weighted by Crippen LogP contribution is -2.37. The van der Waals surface area contributed by atoms with Crippen molar-refractivity contribution in [2.24, 2.45) is 0 Å². The van der Waals surface area contributed by atoms with Crippen molar-refractivity contribution >= 4 is 22.5 Å². The van der Waals surface area contributed by atoms with E-state index < -0.39 is 18.6 Å². The summed E-state index contributed by atoms with van der Waals surface area (Å²) in [6.07, 6.45) is -5.53. The number of alkyl halides is 3. The molecule has 10 heteroatoms. The van der Waals surface area contributed by atoms with Crippen molar-refractivity contribution in [1.82, 2.24) is 15.3 Å². The molecular formula is C13H11F3N4O2S. The van der Waals surface area contributed by atoms with Gasteiger partial charge in [0.15, 0.2) is 0 Å². The van der Waals surface area contributed by atoms with E-state index in [2.05, 4.69) is 15.5 Å². The fourth-order valence-electron chi connectivity index (χ4n) is 2.03. The summed E-state index contributed by atoms with van der Waals surface area (Å²) in [4.78, 5) is 17.4. The first-order valence-corrected chi connectivity index (χ1v) is 7.40. The number of hydroxylamine groups is 2. The number of anilines is 1. The van der Waals surface area contributed by atoms with Gasteiger partial charge in [-0.05, 0) is 11.1 Å². The Morgan fingerprint density at radius 3 is 2.78 bits per heavy atom. The molecule has 0 bridgehead atoms. The lowest BCUT2D eigenvalue weighted by atomic mass is 10.1. The number of aromatic nitrogens is 2. The van der Waals surface area contributed by atoms with Crippen molar-refractivity contribution in [3.05, 3.63) is 40.4 Å². The summed E-state index contributed by atoms with van der Waals surface area (Å²) in [5.41, 5.74) is 1.93. The van der Waals surface area contributed by atoms with Crippen molar-refractivity contribution in [2.75, 3.05) is 5.32 Å². The largest absolute Gasteiger partial charge is 0.395 e. The molecule has 1 aliphatic rings. The maximum Gasteiger partial charge on any atom is 0.395 e. The number of fused-ring (bicyclic) bond motifs is 1. The van der Waals surface area contributed by atoms with Crippen LogP contribution in [0.25, 0.3) is 0 Å². The van der Waals surface area contributed by atoms with Crippen LogP contribution in [0.15, 0.2) is 24.3 Å². The summed E-state index contributed by atoms with van der Waals surface area (Å²) in [5, 5.41) is 10.2. The molecule has 23 heavy (non-hydrogen) atoms. The van der Waals surface area contributed by atoms with Gasteiger partial charge in [-0.2, -0.15) is 18.2 Å². The average Bonchev–Trinajstić information content (AvgIpc) is 2.91. The summed E-state index contributed by atoms with van der Waals surface area (Å²) < 4.78 is 36.8. The Balaban J connectivity index is 1.62. The molecule has 6 nitrogen and oxygen atoms in total. The Bertz CT molecular complexity index is 719. The van der Waals surface area contributed by atoms with Crippen LogP contribution in [0, 0.1) is 0 Å². The van der Waals surface area contributed by atoms with E-state index in [4.69, 9.17) is 4.84 Å². The van der Waals surface area contributed by atoms with Gasteiger partial charge >= 0.3 is 12.2 Å². The number of carbonyl (C=O) groups excluding carboxylic acids is 1. The van der Waals surface area contributed by atoms with Gasteiger partial charge < -0.3 is 0 Å². The van der Waals surface area contributed by atoms with Gasteiger partial charge in [0, 0.05) is 0 Å². The lowest BCUT2D eigenvalue weighted by Gasteiger charge is -2.27. The average molecular weight is 344 g/mol. The van der Waals surface area contributed by atoms with Gasteiger partial charge in [0.05, 0.1) is 13.0 Å². The molecule has 2 heterocycles. The molecule has 0 fully saturated rings. The number of nitrogens with zero attached hydrogens (tertiary/aromatic N) is 3. The van der Waals surface area contributed by atoms with Crippen LogP contribution in [0.4, 0.5) is 23.1 Å². The SMILES string of the molecule is O=C(Nc1nnc(CC(F)(F)F)s1)N1Cc2ccccc2CO1. The van der Waals surface area contributed by atoms with Crippen LogP contribution in [0.5, 0.6) is 0 Å². The number of amides is 2. The highest BCUT2D eigenvalue weighted by molar-refractivity contribution is 7.15. The molecule has 1 aromatic heterocycles. The molecule has 0 unspecified atom stereocenters. The van der Waals surface area contributed by atoms with Crippen LogP contribution >= 0.6 is 11.3 Å². The van der Waals surface area contributed by atoms with E-state index in [0.29, 0.717) is 11.3 Å². The summed E-state index contributed by atoms with van der Waals surface area (Å²) in [5.74, 6) is 0. The number of carbonyl (C=O) groups is 1. The Labute approximate surface area is 132 Å². The third-order valence-electron chi connectivity index (χ3n) is 3.07. The predicted octanol–water partition coefficient (Wildman–Crippen LogP) is 3.12. The molecule has 1 aromatic carbocycles. The van der Waals surface area contributed by atoms with Gasteiger partial charge in [-0.15, -0.1) is 10.2 Å². The first-order chi connectivity index (χ1) is 10.9. The van der Waals surface area contributed by atoms with E-state index in [1.165, 1.54) is 0 Å². The van der Waals surface area contributed by atoms with Gasteiger partial charge in [-0.25, -0.2) is 4.79 Å². The zero-order valence-electron chi connectivity index (χ0n) is 11.6. The maximum atomic E-state index is 12.3. The van der Waals surface area contributed by atoms with Crippen molar-refractivity contribution in [1.29, 1.82) is 0 Å². The number of hydrogen-bond donors (Lipinski definition) is 1. The zero-order chi connectivity index (χ0) is 16.4. The van der Waals surface area contributed by atoms with E-state index in [0.717, 1.165) is 16.2 Å². The van der Waals surface area contributed by atoms with E-state index in [1.807, 2.05) is 24.3 Å². The topological polar surface area (TPSA) is 67.4 Å². The first kappa shape index (κ1) is 15.7. The van der Waals surface area contributed by atoms with Gasteiger partial charge in [-0.1, -0.05) is 35.6 Å². The van der Waals surface area contributed by atoms with E-state index in [1.54, 1.807) is 0 Å². The molecule has 1 aliphatic heterocycles. The second kappa shape index (κ2) is 6.13. The van der Waals surface area contributed by atoms with E-state index >= 15 is 0 Å². The first-order valence-electron chi connectivity index (χ1n) is 6.58. The highest BCUT2D eigenvalue weighted by Crippen LogP contribution is 2.26. The Morgan fingerprint density at radius 2 is 2.04 bits per heavy atom. The van der Waals surface area contributed by atoms with Crippen LogP contribution in [0.3, 0.4) is 0 Å². The predicted molar refractivity (Wildman–Crippen MR) is 75.5 cm³/mol. The van der Waals surface area contributed by atoms with Gasteiger partial charge in [0.2, 0.25) is 5.13 Å². The van der Waals surface area contributed by atoms with Crippen molar-refractivity contribution < 1.29 is 22.8 Å². The quantitative estimate of drug-likeness (QED) is 0.909. The van der Waals surface area contributed by atoms with Gasteiger partial charge in [-0.3, -0.25) is 10.2 Å². The fraction of sp³-hybridized carbons (Fsp3) is 0.308. The second-order valence-electron chi connectivity index (χ2n) is 4.80. The summed E-state index contributed by atoms with van der Waals surface area (Å²) in [7, 11) is 0. The molecule has 0 atom stereocenters. The minimum absolute atomic E-state index is 0.00305. The monoisotopic (exact) mass is 344 g/mol. The molecule has 0 saturated carbocycles. The van der Waals surface area contributed by atoms with Crippen molar-refractivity contribution in [3.8, 4) is 0 Å². The minimum atomic E-state index is -4.36. The normalized spacial score (nSPS) is 14.5. The molecule has 2 aromatic rings. The highest BCUT2D eigenvalue weighted by Gasteiger charge is 2.30. The lowest BCUT2D eigenvalue weighted by molar-refractivity contribution is -0.141. The zero-order valence-corrected chi connectivity index (χ0v) is 12.4. The Kier molecular flexibility index (Phi) is 4.18. The van der Waals surface area contributed by atoms with Crippen molar-refractivity contribution in [3.63, 3.8) is 0 Å². The van der Waals surface area contributed by atoms with Crippen LogP contribution < -0.4 is 5.32 Å². The van der Waals surface area contributed by atoms with Crippen LogP contribution in [0.1, 0.15) is 16.1 Å². The van der Waals surface area contributed by atoms with Crippen molar-refractivity contribution in [2.45, 2.75) is 25.7 Å². The number of urea groups is 1. The summed E-state index contributed by atoms with van der Waals surface area (Å²) in [6.45, 7) is 0.495. The molecule has 3 rings (SSSR count). The number of halogens is 3. The standard InChI is InChI=1S/C13H11F3N4O2S/c14-13(15,16)5-10-18-19-11(23-10)17-12(21)20-6-8-3-1-2-4-9(8)7-22-20/h1-4H,5-7H2,(H,17,19,21). The molecule has 0 radical (unpaired) electrons. The fourth-order valence-corrected chi connectivity index (χ4v) is 2.79. The molecule has 122 valence electrons. The molecular weight excluding hydrogens is 333 g/mol. The second-order valence-corrected chi connectivity index (χ2v) is 5.86. The molecule has 1 N–H and O–H groups in total. The summed E-state index contributed by atoms with van der Waals surface area (Å²) in [6, 6.07) is 6.91. The minimum Gasteiger partial charge on any atom is -0.280 e. The maximum absolute atomic E-state index is 12.3. The number of hydrogen-bond acceptors (Lipinski definition) is 5. The van der Waals surface area contributed by atoms with Gasteiger partial charge in [0.1, 0.15) is 11.6 Å². The third kappa shape index (κ3) is 3.96. The Morgan fingerprint density at radius 1 is 1.30 bits per heavy atom. The molecule has 2 amide bonds. The molecule has 0 aliphatic carbocycles. The van der Waals surface area contributed by atoms with Crippen LogP contribution in [0.2, 0.25) is 0 Å². The highest BCUT2D eigenvalue weighted by atomic mass is 32.1.